The first-order valence-electron chi connectivity index (χ1n) is 6.47. The SMILES string of the molecule is CC[n+]1c(/C=C(/C)OC)sc2ccccc21.COS(=O)(=O)[O-]. The first-order chi connectivity index (χ1) is 10.3. The van der Waals surface area contributed by atoms with Crippen LogP contribution in [0.3, 0.4) is 0 Å². The summed E-state index contributed by atoms with van der Waals surface area (Å²) in [5.74, 6) is 0.939. The summed E-state index contributed by atoms with van der Waals surface area (Å²) in [4.78, 5) is 0. The molecular weight excluding hydrogens is 326 g/mol. The van der Waals surface area contributed by atoms with Gasteiger partial charge in [0.25, 0.3) is 5.01 Å². The molecule has 0 aliphatic heterocycles. The lowest BCUT2D eigenvalue weighted by molar-refractivity contribution is -0.665. The molecule has 1 aromatic heterocycles. The number of allylic oxidation sites excluding steroid dienone is 1. The molecule has 1 heterocycles. The van der Waals surface area contributed by atoms with E-state index < -0.39 is 10.4 Å². The number of hydrogen-bond donors (Lipinski definition) is 0. The number of aryl methyl sites for hydroxylation is 1. The number of hydrogen-bond acceptors (Lipinski definition) is 6. The van der Waals surface area contributed by atoms with Gasteiger partial charge in [0.05, 0.1) is 26.1 Å². The van der Waals surface area contributed by atoms with Crippen molar-refractivity contribution in [2.75, 3.05) is 14.2 Å². The Morgan fingerprint density at radius 2 is 1.95 bits per heavy atom. The minimum absolute atomic E-state index is 0.808. The maximum atomic E-state index is 9.22. The molecule has 1 aromatic carbocycles. The smallest absolute Gasteiger partial charge is 0.266 e. The lowest BCUT2D eigenvalue weighted by Gasteiger charge is -1.98. The van der Waals surface area contributed by atoms with Crippen LogP contribution in [0.15, 0.2) is 30.0 Å². The molecule has 0 spiro atoms. The maximum absolute atomic E-state index is 9.22. The maximum Gasteiger partial charge on any atom is 0.266 e. The van der Waals surface area contributed by atoms with Gasteiger partial charge in [0, 0.05) is 6.07 Å². The number of thiazole rings is 1. The zero-order chi connectivity index (χ0) is 16.8. The predicted octanol–water partition coefficient (Wildman–Crippen LogP) is 2.31. The molecule has 8 heteroatoms. The van der Waals surface area contributed by atoms with E-state index in [-0.39, 0.29) is 0 Å². The van der Waals surface area contributed by atoms with Crippen molar-refractivity contribution >= 4 is 38.0 Å². The van der Waals surface area contributed by atoms with Crippen molar-refractivity contribution in [2.24, 2.45) is 0 Å². The highest BCUT2D eigenvalue weighted by atomic mass is 32.3. The highest BCUT2D eigenvalue weighted by molar-refractivity contribution is 7.80. The predicted molar refractivity (Wildman–Crippen MR) is 85.1 cm³/mol. The van der Waals surface area contributed by atoms with Crippen LogP contribution in [0.25, 0.3) is 16.3 Å². The van der Waals surface area contributed by atoms with Crippen LogP contribution in [0.4, 0.5) is 0 Å². The second-order valence-corrected chi connectivity index (χ2v) is 6.40. The van der Waals surface area contributed by atoms with Gasteiger partial charge in [-0.3, -0.25) is 4.18 Å². The second kappa shape index (κ2) is 8.23. The molecule has 0 unspecified atom stereocenters. The number of aromatic nitrogens is 1. The monoisotopic (exact) mass is 345 g/mol. The van der Waals surface area contributed by atoms with Crippen molar-refractivity contribution < 1.29 is 26.5 Å². The zero-order valence-corrected chi connectivity index (χ0v) is 14.5. The van der Waals surface area contributed by atoms with Gasteiger partial charge in [-0.1, -0.05) is 23.5 Å². The van der Waals surface area contributed by atoms with Crippen LogP contribution in [0, 0.1) is 0 Å². The number of para-hydroxylation sites is 1. The Bertz CT molecular complexity index is 750. The van der Waals surface area contributed by atoms with Gasteiger partial charge in [-0.2, -0.15) is 4.57 Å². The van der Waals surface area contributed by atoms with Crippen LogP contribution in [0.2, 0.25) is 0 Å². The van der Waals surface area contributed by atoms with Crippen LogP contribution in [-0.4, -0.2) is 27.2 Å². The van der Waals surface area contributed by atoms with Crippen LogP contribution in [0.1, 0.15) is 18.9 Å². The molecule has 2 aromatic rings. The van der Waals surface area contributed by atoms with Gasteiger partial charge >= 0.3 is 0 Å². The largest absolute Gasteiger partial charge is 0.726 e. The van der Waals surface area contributed by atoms with Crippen molar-refractivity contribution in [1.82, 2.24) is 0 Å². The van der Waals surface area contributed by atoms with Crippen molar-refractivity contribution in [1.29, 1.82) is 0 Å². The summed E-state index contributed by atoms with van der Waals surface area (Å²) in [5, 5.41) is 1.24. The number of methoxy groups -OCH3 is 1. The molecule has 2 rings (SSSR count). The van der Waals surface area contributed by atoms with Crippen molar-refractivity contribution in [3.63, 3.8) is 0 Å². The fourth-order valence-electron chi connectivity index (χ4n) is 1.72. The molecule has 0 saturated heterocycles. The van der Waals surface area contributed by atoms with E-state index in [0.717, 1.165) is 19.4 Å². The molecule has 0 bridgehead atoms. The van der Waals surface area contributed by atoms with E-state index in [2.05, 4.69) is 46.0 Å². The molecule has 0 aliphatic rings. The minimum atomic E-state index is -4.41. The Hall–Kier alpha value is -1.48. The van der Waals surface area contributed by atoms with E-state index in [1.807, 2.05) is 6.92 Å². The second-order valence-electron chi connectivity index (χ2n) is 4.19. The molecule has 0 amide bonds. The third kappa shape index (κ3) is 5.38. The molecule has 0 aliphatic carbocycles. The molecule has 22 heavy (non-hydrogen) atoms. The summed E-state index contributed by atoms with van der Waals surface area (Å²) < 4.78 is 39.9. The molecular formula is C14H19NO5S2. The molecule has 0 N–H and O–H groups in total. The molecule has 0 atom stereocenters. The Labute approximate surface area is 134 Å². The molecule has 0 radical (unpaired) electrons. The van der Waals surface area contributed by atoms with Crippen LogP contribution < -0.4 is 4.57 Å². The van der Waals surface area contributed by atoms with Gasteiger partial charge in [0.1, 0.15) is 11.2 Å². The Kier molecular flexibility index (Phi) is 6.95. The van der Waals surface area contributed by atoms with E-state index in [0.29, 0.717) is 0 Å². The van der Waals surface area contributed by atoms with E-state index in [1.54, 1.807) is 18.4 Å². The first-order valence-corrected chi connectivity index (χ1v) is 8.62. The van der Waals surface area contributed by atoms with Crippen LogP contribution in [0.5, 0.6) is 0 Å². The molecule has 6 nitrogen and oxygen atoms in total. The highest BCUT2D eigenvalue weighted by Gasteiger charge is 2.16. The Morgan fingerprint density at radius 1 is 1.36 bits per heavy atom. The average Bonchev–Trinajstić information content (AvgIpc) is 2.83. The molecule has 122 valence electrons. The van der Waals surface area contributed by atoms with Gasteiger partial charge < -0.3 is 9.29 Å². The number of rotatable bonds is 4. The van der Waals surface area contributed by atoms with Crippen molar-refractivity contribution in [3.8, 4) is 0 Å². The van der Waals surface area contributed by atoms with Crippen molar-refractivity contribution in [3.05, 3.63) is 35.0 Å². The van der Waals surface area contributed by atoms with E-state index in [9.17, 15) is 13.0 Å². The summed E-state index contributed by atoms with van der Waals surface area (Å²) >= 11 is 1.80. The molecule has 0 fully saturated rings. The van der Waals surface area contributed by atoms with Gasteiger partial charge in [-0.25, -0.2) is 8.42 Å². The Morgan fingerprint density at radius 3 is 2.45 bits per heavy atom. The summed E-state index contributed by atoms with van der Waals surface area (Å²) in [6.45, 7) is 5.12. The summed E-state index contributed by atoms with van der Waals surface area (Å²) in [7, 11) is -1.90. The average molecular weight is 345 g/mol. The zero-order valence-electron chi connectivity index (χ0n) is 12.9. The first kappa shape index (κ1) is 18.6. The van der Waals surface area contributed by atoms with Crippen LogP contribution in [-0.2, 0) is 25.9 Å². The number of benzene rings is 1. The lowest BCUT2D eigenvalue weighted by atomic mass is 10.3. The molecule has 0 saturated carbocycles. The van der Waals surface area contributed by atoms with E-state index >= 15 is 0 Å². The number of nitrogens with zero attached hydrogens (tertiary/aromatic N) is 1. The van der Waals surface area contributed by atoms with Crippen LogP contribution >= 0.6 is 11.3 Å². The normalized spacial score (nSPS) is 12.0. The van der Waals surface area contributed by atoms with Crippen molar-refractivity contribution in [2.45, 2.75) is 20.4 Å². The fourth-order valence-corrected chi connectivity index (χ4v) is 2.94. The highest BCUT2D eigenvalue weighted by Crippen LogP contribution is 2.21. The lowest BCUT2D eigenvalue weighted by Crippen LogP contribution is -2.33. The fraction of sp³-hybridized carbons (Fsp3) is 0.357. The third-order valence-electron chi connectivity index (χ3n) is 2.81. The topological polar surface area (TPSA) is 79.5 Å². The van der Waals surface area contributed by atoms with Gasteiger partial charge in [0.15, 0.2) is 0 Å². The third-order valence-corrected chi connectivity index (χ3v) is 4.33. The summed E-state index contributed by atoms with van der Waals surface area (Å²) in [6, 6.07) is 8.48. The number of fused-ring (bicyclic) bond motifs is 1. The summed E-state index contributed by atoms with van der Waals surface area (Å²) in [5.41, 5.74) is 1.30. The van der Waals surface area contributed by atoms with Gasteiger partial charge in [-0.15, -0.1) is 0 Å². The Balaban J connectivity index is 0.000000346. The minimum Gasteiger partial charge on any atom is -0.726 e. The van der Waals surface area contributed by atoms with Gasteiger partial charge in [0.2, 0.25) is 15.9 Å². The van der Waals surface area contributed by atoms with E-state index in [1.165, 1.54) is 15.2 Å². The van der Waals surface area contributed by atoms with Gasteiger partial charge in [-0.05, 0) is 19.9 Å². The number of ether oxygens (including phenoxy) is 1. The van der Waals surface area contributed by atoms with E-state index in [4.69, 9.17) is 4.74 Å². The summed E-state index contributed by atoms with van der Waals surface area (Å²) in [6.07, 6.45) is 2.09. The standard InChI is InChI=1S/C13H16NOS.CH4O4S/c1-4-14-11-7-5-6-8-12(11)16-13(14)9-10(2)15-3;1-5-6(2,3)4/h5-9H,4H2,1-3H3;1H3,(H,2,3,4)/q+1;/p-1/b10-9-;. The quantitative estimate of drug-likeness (QED) is 0.368.